The number of ether oxygens (including phenoxy) is 1. The zero-order valence-corrected chi connectivity index (χ0v) is 14.0. The third-order valence-electron chi connectivity index (χ3n) is 3.07. The molecule has 0 radical (unpaired) electrons. The van der Waals surface area contributed by atoms with E-state index in [1.165, 1.54) is 0 Å². The van der Waals surface area contributed by atoms with Gasteiger partial charge in [-0.3, -0.25) is 9.51 Å². The Morgan fingerprint density at radius 1 is 1.40 bits per heavy atom. The Morgan fingerprint density at radius 3 is 2.68 bits per heavy atom. The maximum absolute atomic E-state index is 11.8. The van der Waals surface area contributed by atoms with E-state index in [-0.39, 0.29) is 12.2 Å². The van der Waals surface area contributed by atoms with Gasteiger partial charge in [-0.1, -0.05) is 23.4 Å². The first-order chi connectivity index (χ1) is 11.6. The molecule has 25 heavy (non-hydrogen) atoms. The van der Waals surface area contributed by atoms with Crippen LogP contribution in [0.4, 0.5) is 4.79 Å². The van der Waals surface area contributed by atoms with E-state index in [1.54, 1.807) is 45.0 Å². The molecule has 1 amide bonds. The number of hydrogen-bond donors (Lipinski definition) is 3. The Kier molecular flexibility index (Phi) is 5.26. The first-order valence-corrected chi connectivity index (χ1v) is 7.52. The maximum Gasteiger partial charge on any atom is 0.439 e. The molecule has 0 spiro atoms. The van der Waals surface area contributed by atoms with Crippen molar-refractivity contribution in [2.24, 2.45) is 0 Å². The van der Waals surface area contributed by atoms with Gasteiger partial charge in [-0.15, -0.1) is 0 Å². The van der Waals surface area contributed by atoms with Gasteiger partial charge in [0.15, 0.2) is 5.82 Å². The van der Waals surface area contributed by atoms with Crippen LogP contribution in [0.25, 0.3) is 11.4 Å². The normalized spacial score (nSPS) is 12.4. The van der Waals surface area contributed by atoms with Crippen LogP contribution in [-0.2, 0) is 16.0 Å². The number of amides is 1. The number of carbonyl (C=O) groups is 2. The number of benzene rings is 1. The van der Waals surface area contributed by atoms with Crippen molar-refractivity contribution in [3.8, 4) is 11.4 Å². The van der Waals surface area contributed by atoms with Crippen molar-refractivity contribution in [1.29, 1.82) is 0 Å². The van der Waals surface area contributed by atoms with Crippen molar-refractivity contribution in [2.45, 2.75) is 38.8 Å². The van der Waals surface area contributed by atoms with Gasteiger partial charge < -0.3 is 15.2 Å². The molecule has 0 fully saturated rings. The minimum absolute atomic E-state index is 0.0322. The van der Waals surface area contributed by atoms with Crippen LogP contribution < -0.4 is 11.1 Å². The summed E-state index contributed by atoms with van der Waals surface area (Å²) < 4.78 is 9.52. The molecule has 9 nitrogen and oxygen atoms in total. The number of hydrogen-bond acceptors (Lipinski definition) is 6. The van der Waals surface area contributed by atoms with E-state index in [0.717, 1.165) is 0 Å². The quantitative estimate of drug-likeness (QED) is 0.745. The molecule has 134 valence electrons. The maximum atomic E-state index is 11.8. The molecule has 0 aliphatic rings. The van der Waals surface area contributed by atoms with E-state index < -0.39 is 29.5 Å². The highest BCUT2D eigenvalue weighted by molar-refractivity contribution is 5.80. The highest BCUT2D eigenvalue weighted by Crippen LogP contribution is 2.16. The lowest BCUT2D eigenvalue weighted by Gasteiger charge is -2.22. The molecule has 0 bridgehead atoms. The predicted molar refractivity (Wildman–Crippen MR) is 87.1 cm³/mol. The first-order valence-electron chi connectivity index (χ1n) is 7.52. The topological polar surface area (TPSA) is 135 Å². The molecule has 0 aliphatic carbocycles. The molecule has 1 unspecified atom stereocenters. The average molecular weight is 349 g/mol. The largest absolute Gasteiger partial charge is 0.480 e. The fourth-order valence-corrected chi connectivity index (χ4v) is 2.09. The van der Waals surface area contributed by atoms with Crippen LogP contribution >= 0.6 is 0 Å². The Morgan fingerprint density at radius 2 is 2.12 bits per heavy atom. The summed E-state index contributed by atoms with van der Waals surface area (Å²) in [5.74, 6) is -1.64. The van der Waals surface area contributed by atoms with Crippen molar-refractivity contribution in [1.82, 2.24) is 15.5 Å². The molecule has 0 saturated heterocycles. The number of alkyl carbamates (subject to hydrolysis) is 1. The van der Waals surface area contributed by atoms with E-state index in [2.05, 4.69) is 20.0 Å². The van der Waals surface area contributed by atoms with Crippen molar-refractivity contribution in [2.75, 3.05) is 0 Å². The number of aromatic nitrogens is 2. The van der Waals surface area contributed by atoms with Crippen LogP contribution in [-0.4, -0.2) is 39.0 Å². The number of rotatable bonds is 5. The molecule has 9 heteroatoms. The molecular weight excluding hydrogens is 330 g/mol. The minimum Gasteiger partial charge on any atom is -0.480 e. The second kappa shape index (κ2) is 7.20. The number of carboxylic acid groups (broad SMARTS) is 1. The van der Waals surface area contributed by atoms with E-state index in [4.69, 9.17) is 4.74 Å². The zero-order chi connectivity index (χ0) is 18.6. The standard InChI is InChI=1S/C16H19N3O6/c1-16(2,3)24-14(22)17-11(13(20)21)8-9-5-4-6-10(7-9)12-18-15(23)25-19-12/h4-7,11H,8H2,1-3H3,(H,17,22)(H,20,21)(H,18,19,23). The van der Waals surface area contributed by atoms with Gasteiger partial charge in [0.2, 0.25) is 0 Å². The lowest BCUT2D eigenvalue weighted by atomic mass is 10.0. The van der Waals surface area contributed by atoms with Gasteiger partial charge in [-0.25, -0.2) is 14.4 Å². The summed E-state index contributed by atoms with van der Waals surface area (Å²) in [6.45, 7) is 5.06. The molecule has 3 N–H and O–H groups in total. The van der Waals surface area contributed by atoms with E-state index in [1.807, 2.05) is 0 Å². The van der Waals surface area contributed by atoms with Crippen LogP contribution in [0.1, 0.15) is 26.3 Å². The number of nitrogens with zero attached hydrogens (tertiary/aromatic N) is 1. The fourth-order valence-electron chi connectivity index (χ4n) is 2.09. The van der Waals surface area contributed by atoms with Gasteiger partial charge in [-0.2, -0.15) is 0 Å². The van der Waals surface area contributed by atoms with Crippen LogP contribution in [0.2, 0.25) is 0 Å². The monoisotopic (exact) mass is 349 g/mol. The lowest BCUT2D eigenvalue weighted by Crippen LogP contribution is -2.44. The van der Waals surface area contributed by atoms with Crippen molar-refractivity contribution >= 4 is 12.1 Å². The van der Waals surface area contributed by atoms with Gasteiger partial charge in [0.1, 0.15) is 11.6 Å². The summed E-state index contributed by atoms with van der Waals surface area (Å²) in [6.07, 6.45) is -0.776. The van der Waals surface area contributed by atoms with Gasteiger partial charge in [0.25, 0.3) is 0 Å². The number of H-pyrrole nitrogens is 1. The number of aromatic amines is 1. The summed E-state index contributed by atoms with van der Waals surface area (Å²) in [4.78, 5) is 36.7. The lowest BCUT2D eigenvalue weighted by molar-refractivity contribution is -0.139. The number of carbonyl (C=O) groups excluding carboxylic acids is 1. The fraction of sp³-hybridized carbons (Fsp3) is 0.375. The molecule has 1 aromatic heterocycles. The third kappa shape index (κ3) is 5.48. The van der Waals surface area contributed by atoms with Gasteiger partial charge in [0.05, 0.1) is 0 Å². The summed E-state index contributed by atoms with van der Waals surface area (Å²) in [5, 5.41) is 15.2. The molecule has 1 aromatic carbocycles. The molecule has 2 rings (SSSR count). The predicted octanol–water partition coefficient (Wildman–Crippen LogP) is 1.55. The van der Waals surface area contributed by atoms with E-state index in [0.29, 0.717) is 11.1 Å². The minimum atomic E-state index is -1.19. The zero-order valence-electron chi connectivity index (χ0n) is 14.0. The second-order valence-corrected chi connectivity index (χ2v) is 6.39. The van der Waals surface area contributed by atoms with Crippen LogP contribution in [0.5, 0.6) is 0 Å². The van der Waals surface area contributed by atoms with Crippen LogP contribution in [0.15, 0.2) is 33.6 Å². The average Bonchev–Trinajstić information content (AvgIpc) is 2.91. The van der Waals surface area contributed by atoms with E-state index >= 15 is 0 Å². The van der Waals surface area contributed by atoms with Crippen LogP contribution in [0, 0.1) is 0 Å². The summed E-state index contributed by atoms with van der Waals surface area (Å²) in [5.41, 5.74) is 0.459. The first kappa shape index (κ1) is 18.2. The highest BCUT2D eigenvalue weighted by Gasteiger charge is 2.24. The molecule has 0 saturated carbocycles. The third-order valence-corrected chi connectivity index (χ3v) is 3.07. The Hall–Kier alpha value is -3.10. The van der Waals surface area contributed by atoms with Gasteiger partial charge in [0, 0.05) is 12.0 Å². The number of aliphatic carboxylic acids is 1. The summed E-state index contributed by atoms with van der Waals surface area (Å²) in [6, 6.07) is 5.56. The Labute approximate surface area is 143 Å². The molecule has 2 aromatic rings. The van der Waals surface area contributed by atoms with Gasteiger partial charge in [-0.05, 0) is 32.4 Å². The van der Waals surface area contributed by atoms with E-state index in [9.17, 15) is 19.5 Å². The number of nitrogens with one attached hydrogen (secondary N) is 2. The number of carboxylic acids is 1. The molecule has 1 atom stereocenters. The highest BCUT2D eigenvalue weighted by atomic mass is 16.6. The smallest absolute Gasteiger partial charge is 0.439 e. The SMILES string of the molecule is CC(C)(C)OC(=O)NC(Cc1cccc(-c2noc(=O)[nH]2)c1)C(=O)O. The summed E-state index contributed by atoms with van der Waals surface area (Å²) in [7, 11) is 0. The molecule has 0 aliphatic heterocycles. The van der Waals surface area contributed by atoms with Crippen LogP contribution in [0.3, 0.4) is 0 Å². The molecular formula is C16H19N3O6. The van der Waals surface area contributed by atoms with Crippen molar-refractivity contribution in [3.63, 3.8) is 0 Å². The Bertz CT molecular complexity index is 818. The summed E-state index contributed by atoms with van der Waals surface area (Å²) >= 11 is 0. The Balaban J connectivity index is 2.13. The van der Waals surface area contributed by atoms with Crippen molar-refractivity contribution < 1.29 is 24.0 Å². The van der Waals surface area contributed by atoms with Crippen molar-refractivity contribution in [3.05, 3.63) is 40.4 Å². The molecule has 1 heterocycles. The second-order valence-electron chi connectivity index (χ2n) is 6.39. The van der Waals surface area contributed by atoms with Gasteiger partial charge >= 0.3 is 17.8 Å².